The van der Waals surface area contributed by atoms with E-state index in [1.54, 1.807) is 24.4 Å². The Morgan fingerprint density at radius 2 is 2.00 bits per heavy atom. The number of anilines is 4. The molecule has 0 aliphatic carbocycles. The van der Waals surface area contributed by atoms with E-state index in [4.69, 9.17) is 16.3 Å². The molecular weight excluding hydrogens is 428 g/mol. The summed E-state index contributed by atoms with van der Waals surface area (Å²) in [4.78, 5) is 23.1. The van der Waals surface area contributed by atoms with Crippen LogP contribution in [0.25, 0.3) is 0 Å². The van der Waals surface area contributed by atoms with Gasteiger partial charge < -0.3 is 20.7 Å². The average molecular weight is 453 g/mol. The molecular formula is C23H25ClN6O2. The molecule has 0 atom stereocenters. The van der Waals surface area contributed by atoms with Crippen molar-refractivity contribution in [3.63, 3.8) is 0 Å². The first-order valence-electron chi connectivity index (χ1n) is 10.4. The van der Waals surface area contributed by atoms with Crippen LogP contribution in [-0.2, 0) is 11.3 Å². The summed E-state index contributed by atoms with van der Waals surface area (Å²) < 4.78 is 5.93. The smallest absolute Gasteiger partial charge is 0.234 e. The number of nitrogens with one attached hydrogen (secondary N) is 3. The van der Waals surface area contributed by atoms with Gasteiger partial charge in [0.15, 0.2) is 0 Å². The van der Waals surface area contributed by atoms with Gasteiger partial charge in [0.1, 0.15) is 11.6 Å². The van der Waals surface area contributed by atoms with Crippen molar-refractivity contribution in [1.82, 2.24) is 20.2 Å². The highest BCUT2D eigenvalue weighted by atomic mass is 35.5. The number of carbonyl (C=O) groups excluding carboxylic acids is 1. The molecule has 1 aromatic heterocycles. The van der Waals surface area contributed by atoms with E-state index in [1.807, 2.05) is 42.3 Å². The highest BCUT2D eigenvalue weighted by molar-refractivity contribution is 6.31. The third kappa shape index (κ3) is 6.09. The molecule has 8 nitrogen and oxygen atoms in total. The van der Waals surface area contributed by atoms with Crippen molar-refractivity contribution >= 4 is 40.6 Å². The molecule has 3 N–H and O–H groups in total. The van der Waals surface area contributed by atoms with E-state index >= 15 is 0 Å². The maximum Gasteiger partial charge on any atom is 0.234 e. The van der Waals surface area contributed by atoms with Crippen molar-refractivity contribution in [2.45, 2.75) is 13.0 Å². The van der Waals surface area contributed by atoms with Crippen LogP contribution in [0.1, 0.15) is 12.0 Å². The fourth-order valence-corrected chi connectivity index (χ4v) is 3.55. The lowest BCUT2D eigenvalue weighted by Crippen LogP contribution is -2.35. The average Bonchev–Trinajstić information content (AvgIpc) is 2.75. The number of rotatable bonds is 0. The summed E-state index contributed by atoms with van der Waals surface area (Å²) in [5.41, 5.74) is 2.64. The molecule has 1 aliphatic rings. The fraction of sp³-hybridized carbons (Fsp3) is 0.261. The highest BCUT2D eigenvalue weighted by Crippen LogP contribution is 2.30. The van der Waals surface area contributed by atoms with Crippen LogP contribution >= 0.6 is 11.6 Å². The Morgan fingerprint density at radius 3 is 2.91 bits per heavy atom. The number of likely N-dealkylation sites (N-methyl/N-ethyl adjacent to an activating group) is 1. The maximum absolute atomic E-state index is 12.2. The molecule has 2 aromatic carbocycles. The first-order valence-corrected chi connectivity index (χ1v) is 10.8. The van der Waals surface area contributed by atoms with Gasteiger partial charge in [0.25, 0.3) is 0 Å². The zero-order chi connectivity index (χ0) is 22.3. The lowest BCUT2D eigenvalue weighted by Gasteiger charge is -2.17. The normalized spacial score (nSPS) is 15.5. The third-order valence-corrected chi connectivity index (χ3v) is 5.05. The van der Waals surface area contributed by atoms with Gasteiger partial charge in [-0.05, 0) is 55.4 Å². The molecule has 0 fully saturated rings. The van der Waals surface area contributed by atoms with Gasteiger partial charge in [-0.2, -0.15) is 4.98 Å². The quantitative estimate of drug-likeness (QED) is 0.475. The zero-order valence-electron chi connectivity index (χ0n) is 17.8. The van der Waals surface area contributed by atoms with Gasteiger partial charge in [0, 0.05) is 30.0 Å². The van der Waals surface area contributed by atoms with E-state index in [0.29, 0.717) is 60.9 Å². The first-order chi connectivity index (χ1) is 15.5. The highest BCUT2D eigenvalue weighted by Gasteiger charge is 2.10. The van der Waals surface area contributed by atoms with Crippen LogP contribution in [0.2, 0.25) is 5.02 Å². The number of hydrogen-bond donors (Lipinski definition) is 3. The molecule has 32 heavy (non-hydrogen) atoms. The number of nitrogens with zero attached hydrogens (tertiary/aromatic N) is 3. The molecule has 1 amide bonds. The summed E-state index contributed by atoms with van der Waals surface area (Å²) in [5.74, 6) is 1.70. The molecule has 1 aliphatic heterocycles. The fourth-order valence-electron chi connectivity index (χ4n) is 3.38. The van der Waals surface area contributed by atoms with Crippen LogP contribution in [0.3, 0.4) is 0 Å². The standard InChI is InChI=1S/C23H25ClN6O2/c1-30-14-16-4-2-5-18(12-16)27-23-26-10-8-21(29-23)28-19-13-17(24)6-7-20(19)32-11-3-9-25-22(31)15-30/h2,4-8,10,12-13H,3,9,11,14-15H2,1H3,(H,25,31)(H2,26,27,28,29). The maximum atomic E-state index is 12.2. The number of carbonyl (C=O) groups is 1. The van der Waals surface area contributed by atoms with Crippen molar-refractivity contribution in [2.24, 2.45) is 0 Å². The van der Waals surface area contributed by atoms with Gasteiger partial charge in [0.2, 0.25) is 11.9 Å². The van der Waals surface area contributed by atoms with Crippen LogP contribution in [-0.4, -0.2) is 47.5 Å². The number of benzene rings is 2. The van der Waals surface area contributed by atoms with Crippen LogP contribution in [0, 0.1) is 0 Å². The summed E-state index contributed by atoms with van der Waals surface area (Å²) in [6.45, 7) is 1.95. The molecule has 3 aromatic rings. The van der Waals surface area contributed by atoms with Crippen molar-refractivity contribution in [3.05, 3.63) is 65.3 Å². The molecule has 4 bridgehead atoms. The number of ether oxygens (including phenoxy) is 1. The van der Waals surface area contributed by atoms with Crippen molar-refractivity contribution in [2.75, 3.05) is 37.4 Å². The molecule has 0 saturated heterocycles. The molecule has 0 radical (unpaired) electrons. The monoisotopic (exact) mass is 452 g/mol. The summed E-state index contributed by atoms with van der Waals surface area (Å²) >= 11 is 6.20. The lowest BCUT2D eigenvalue weighted by molar-refractivity contribution is -0.122. The second-order valence-electron chi connectivity index (χ2n) is 7.58. The number of amides is 1. The Labute approximate surface area is 192 Å². The van der Waals surface area contributed by atoms with E-state index in [0.717, 1.165) is 11.3 Å². The Hall–Kier alpha value is -3.36. The van der Waals surface area contributed by atoms with E-state index in [9.17, 15) is 4.79 Å². The van der Waals surface area contributed by atoms with Gasteiger partial charge in [-0.25, -0.2) is 4.98 Å². The van der Waals surface area contributed by atoms with E-state index in [2.05, 4.69) is 25.9 Å². The van der Waals surface area contributed by atoms with Crippen LogP contribution in [0.5, 0.6) is 5.75 Å². The van der Waals surface area contributed by atoms with Crippen molar-refractivity contribution < 1.29 is 9.53 Å². The molecule has 4 rings (SSSR count). The largest absolute Gasteiger partial charge is 0.491 e. The summed E-state index contributed by atoms with van der Waals surface area (Å²) in [6, 6.07) is 15.1. The first kappa shape index (κ1) is 21.9. The number of fused-ring (bicyclic) bond motifs is 5. The van der Waals surface area contributed by atoms with Crippen LogP contribution in [0.4, 0.5) is 23.1 Å². The summed E-state index contributed by atoms with van der Waals surface area (Å²) in [7, 11) is 1.92. The predicted octanol–water partition coefficient (Wildman–Crippen LogP) is 3.95. The minimum Gasteiger partial charge on any atom is -0.491 e. The number of hydrogen-bond acceptors (Lipinski definition) is 7. The predicted molar refractivity (Wildman–Crippen MR) is 126 cm³/mol. The summed E-state index contributed by atoms with van der Waals surface area (Å²) in [5, 5.41) is 10.0. The van der Waals surface area contributed by atoms with Crippen LogP contribution in [0.15, 0.2) is 54.7 Å². The molecule has 0 spiro atoms. The van der Waals surface area contributed by atoms with E-state index in [-0.39, 0.29) is 5.91 Å². The molecule has 166 valence electrons. The Kier molecular flexibility index (Phi) is 7.03. The number of aromatic nitrogens is 2. The third-order valence-electron chi connectivity index (χ3n) is 4.81. The topological polar surface area (TPSA) is 91.4 Å². The SMILES string of the molecule is CN1CC(=O)NCCCOc2ccc(Cl)cc2Nc2ccnc(n2)Nc2cccc(c2)C1. The van der Waals surface area contributed by atoms with Crippen molar-refractivity contribution in [1.29, 1.82) is 0 Å². The van der Waals surface area contributed by atoms with E-state index < -0.39 is 0 Å². The Morgan fingerprint density at radius 1 is 1.09 bits per heavy atom. The van der Waals surface area contributed by atoms with E-state index in [1.165, 1.54) is 0 Å². The minimum atomic E-state index is -0.0158. The van der Waals surface area contributed by atoms with Gasteiger partial charge in [-0.3, -0.25) is 9.69 Å². The Balaban J connectivity index is 1.62. The Bertz CT molecular complexity index is 1090. The minimum absolute atomic E-state index is 0.0158. The molecule has 0 saturated carbocycles. The second kappa shape index (κ2) is 10.3. The van der Waals surface area contributed by atoms with Gasteiger partial charge >= 0.3 is 0 Å². The molecule has 9 heteroatoms. The molecule has 0 unspecified atom stereocenters. The van der Waals surface area contributed by atoms with Crippen LogP contribution < -0.4 is 20.7 Å². The lowest BCUT2D eigenvalue weighted by atomic mass is 10.2. The van der Waals surface area contributed by atoms with Crippen molar-refractivity contribution in [3.8, 4) is 5.75 Å². The summed E-state index contributed by atoms with van der Waals surface area (Å²) in [6.07, 6.45) is 2.36. The van der Waals surface area contributed by atoms with Gasteiger partial charge in [-0.15, -0.1) is 0 Å². The zero-order valence-corrected chi connectivity index (χ0v) is 18.5. The molecule has 2 heterocycles. The van der Waals surface area contributed by atoms with Gasteiger partial charge in [0.05, 0.1) is 18.8 Å². The number of halogens is 1. The van der Waals surface area contributed by atoms with Gasteiger partial charge in [-0.1, -0.05) is 23.7 Å². The second-order valence-corrected chi connectivity index (χ2v) is 8.02.